The molecule has 2 fully saturated rings. The van der Waals surface area contributed by atoms with Gasteiger partial charge in [0.25, 0.3) is 0 Å². The Labute approximate surface area is 154 Å². The van der Waals surface area contributed by atoms with Gasteiger partial charge in [0.2, 0.25) is 5.91 Å². The average molecular weight is 413 g/mol. The maximum atomic E-state index is 12.7. The van der Waals surface area contributed by atoms with Crippen molar-refractivity contribution in [1.29, 1.82) is 0 Å². The van der Waals surface area contributed by atoms with E-state index in [-0.39, 0.29) is 29.9 Å². The largest absolute Gasteiger partial charge is 0.459 e. The molecular weight excluding hydrogens is 392 g/mol. The van der Waals surface area contributed by atoms with Crippen molar-refractivity contribution in [2.45, 2.75) is 53.9 Å². The number of thioether (sulfide) groups is 1. The number of amides is 1. The van der Waals surface area contributed by atoms with Crippen molar-refractivity contribution in [1.82, 2.24) is 4.90 Å². The van der Waals surface area contributed by atoms with Crippen molar-refractivity contribution in [3.8, 4) is 0 Å². The van der Waals surface area contributed by atoms with Gasteiger partial charge in [0.1, 0.15) is 22.3 Å². The lowest BCUT2D eigenvalue weighted by molar-refractivity contribution is -0.165. The van der Waals surface area contributed by atoms with E-state index in [4.69, 9.17) is 10.5 Å². The molecule has 0 bridgehead atoms. The molecule has 1 amide bonds. The number of carbonyl (C=O) groups excluding carboxylic acids is 2. The van der Waals surface area contributed by atoms with Gasteiger partial charge in [-0.2, -0.15) is 0 Å². The highest BCUT2D eigenvalue weighted by atomic mass is 79.9. The number of alkyl halides is 1. The summed E-state index contributed by atoms with van der Waals surface area (Å²) in [6.45, 7) is 5.94. The minimum Gasteiger partial charge on any atom is -0.459 e. The lowest BCUT2D eigenvalue weighted by Gasteiger charge is -2.51. The van der Waals surface area contributed by atoms with Gasteiger partial charge in [-0.15, -0.1) is 11.8 Å². The summed E-state index contributed by atoms with van der Waals surface area (Å²) in [5.41, 5.74) is 6.92. The Morgan fingerprint density at radius 3 is 2.62 bits per heavy atom. The van der Waals surface area contributed by atoms with Crippen LogP contribution in [0, 0.1) is 0 Å². The van der Waals surface area contributed by atoms with E-state index >= 15 is 0 Å². The van der Waals surface area contributed by atoms with E-state index in [0.29, 0.717) is 0 Å². The SMILES string of the molecule is C[C@H](N)[C@]1(Br)C(=O)N2[C@@H](C(=O)OCc3ccccc3)C(C)(C)S[C@@H]21. The van der Waals surface area contributed by atoms with E-state index in [1.165, 1.54) is 0 Å². The number of nitrogens with two attached hydrogens (primary N) is 1. The molecule has 1 aromatic carbocycles. The monoisotopic (exact) mass is 412 g/mol. The highest BCUT2D eigenvalue weighted by Crippen LogP contribution is 2.58. The van der Waals surface area contributed by atoms with Crippen LogP contribution < -0.4 is 5.73 Å². The number of hydrogen-bond acceptors (Lipinski definition) is 5. The number of nitrogens with zero attached hydrogens (tertiary/aromatic N) is 1. The third kappa shape index (κ3) is 2.57. The Bertz CT molecular complexity index is 667. The minimum atomic E-state index is -0.802. The van der Waals surface area contributed by atoms with Crippen LogP contribution in [-0.2, 0) is 20.9 Å². The second-order valence-electron chi connectivity index (χ2n) is 6.84. The van der Waals surface area contributed by atoms with Crippen LogP contribution in [0.2, 0.25) is 0 Å². The van der Waals surface area contributed by atoms with Gasteiger partial charge in [-0.1, -0.05) is 46.3 Å². The highest BCUT2D eigenvalue weighted by molar-refractivity contribution is 9.10. The summed E-state index contributed by atoms with van der Waals surface area (Å²) in [7, 11) is 0. The molecule has 5 nitrogen and oxygen atoms in total. The highest BCUT2D eigenvalue weighted by Gasteiger charge is 2.71. The summed E-state index contributed by atoms with van der Waals surface area (Å²) in [5.74, 6) is -0.506. The van der Waals surface area contributed by atoms with Gasteiger partial charge < -0.3 is 15.4 Å². The quantitative estimate of drug-likeness (QED) is 0.466. The normalized spacial score (nSPS) is 32.0. The first-order valence-electron chi connectivity index (χ1n) is 7.85. The van der Waals surface area contributed by atoms with Gasteiger partial charge >= 0.3 is 5.97 Å². The number of halogens is 1. The third-order valence-electron chi connectivity index (χ3n) is 4.64. The molecule has 4 atom stereocenters. The number of fused-ring (bicyclic) bond motifs is 1. The minimum absolute atomic E-state index is 0.137. The predicted octanol–water partition coefficient (Wildman–Crippen LogP) is 2.27. The van der Waals surface area contributed by atoms with Crippen molar-refractivity contribution in [3.05, 3.63) is 35.9 Å². The van der Waals surface area contributed by atoms with Gasteiger partial charge in [-0.3, -0.25) is 4.79 Å². The molecule has 3 rings (SSSR count). The second-order valence-corrected chi connectivity index (χ2v) is 9.89. The second kappa shape index (κ2) is 6.04. The Hall–Kier alpha value is -1.05. The molecule has 130 valence electrons. The van der Waals surface area contributed by atoms with Crippen molar-refractivity contribution >= 4 is 39.6 Å². The first-order valence-corrected chi connectivity index (χ1v) is 9.52. The third-order valence-corrected chi connectivity index (χ3v) is 8.09. The first-order chi connectivity index (χ1) is 11.2. The van der Waals surface area contributed by atoms with Gasteiger partial charge in [0.15, 0.2) is 0 Å². The van der Waals surface area contributed by atoms with Crippen LogP contribution in [0.15, 0.2) is 30.3 Å². The Morgan fingerprint density at radius 1 is 1.42 bits per heavy atom. The fourth-order valence-electron chi connectivity index (χ4n) is 3.25. The first kappa shape index (κ1) is 17.8. The summed E-state index contributed by atoms with van der Waals surface area (Å²) < 4.78 is 4.25. The smallest absolute Gasteiger partial charge is 0.330 e. The topological polar surface area (TPSA) is 72.6 Å². The molecule has 2 heterocycles. The van der Waals surface area contributed by atoms with Crippen molar-refractivity contribution in [2.24, 2.45) is 5.73 Å². The number of carbonyl (C=O) groups is 2. The van der Waals surface area contributed by atoms with Crippen LogP contribution in [0.1, 0.15) is 26.3 Å². The summed E-state index contributed by atoms with van der Waals surface area (Å²) in [6, 6.07) is 8.57. The van der Waals surface area contributed by atoms with Crippen molar-refractivity contribution in [2.75, 3.05) is 0 Å². The van der Waals surface area contributed by atoms with E-state index in [1.54, 1.807) is 23.6 Å². The molecule has 2 aliphatic rings. The van der Waals surface area contributed by atoms with Crippen LogP contribution in [0.25, 0.3) is 0 Å². The van der Waals surface area contributed by atoms with E-state index in [2.05, 4.69) is 15.9 Å². The van der Waals surface area contributed by atoms with Gasteiger partial charge in [0.05, 0.1) is 0 Å². The lowest BCUT2D eigenvalue weighted by atomic mass is 9.87. The van der Waals surface area contributed by atoms with Crippen LogP contribution in [-0.4, -0.2) is 43.3 Å². The maximum Gasteiger partial charge on any atom is 0.330 e. The Balaban J connectivity index is 1.76. The molecule has 2 aliphatic heterocycles. The Kier molecular flexibility index (Phi) is 4.47. The van der Waals surface area contributed by atoms with Crippen molar-refractivity contribution in [3.63, 3.8) is 0 Å². The van der Waals surface area contributed by atoms with Crippen LogP contribution in [0.5, 0.6) is 0 Å². The van der Waals surface area contributed by atoms with Gasteiger partial charge in [-0.25, -0.2) is 4.79 Å². The zero-order valence-corrected chi connectivity index (χ0v) is 16.3. The average Bonchev–Trinajstić information content (AvgIpc) is 2.82. The fraction of sp³-hybridized carbons (Fsp3) is 0.529. The number of esters is 1. The predicted molar refractivity (Wildman–Crippen MR) is 97.6 cm³/mol. The molecule has 0 unspecified atom stereocenters. The molecule has 0 spiro atoms. The number of rotatable bonds is 4. The zero-order valence-electron chi connectivity index (χ0n) is 13.9. The van der Waals surface area contributed by atoms with Gasteiger partial charge in [-0.05, 0) is 26.3 Å². The van der Waals surface area contributed by atoms with Crippen LogP contribution in [0.3, 0.4) is 0 Å². The number of β-lactam (4-membered cyclic amide) rings is 1. The molecule has 2 N–H and O–H groups in total. The molecule has 0 aromatic heterocycles. The molecule has 24 heavy (non-hydrogen) atoms. The molecular formula is C17H21BrN2O3S. The Morgan fingerprint density at radius 2 is 2.04 bits per heavy atom. The molecule has 0 saturated carbocycles. The number of benzene rings is 1. The number of hydrogen-bond donors (Lipinski definition) is 1. The molecule has 1 aromatic rings. The van der Waals surface area contributed by atoms with E-state index in [0.717, 1.165) is 5.56 Å². The van der Waals surface area contributed by atoms with E-state index < -0.39 is 15.1 Å². The van der Waals surface area contributed by atoms with Crippen molar-refractivity contribution < 1.29 is 14.3 Å². The van der Waals surface area contributed by atoms with Gasteiger partial charge in [0, 0.05) is 10.8 Å². The molecule has 2 saturated heterocycles. The summed E-state index contributed by atoms with van der Waals surface area (Å²) in [5, 5.41) is -0.158. The lowest BCUT2D eigenvalue weighted by Crippen LogP contribution is -2.75. The fourth-order valence-corrected chi connectivity index (χ4v) is 5.69. The number of ether oxygens (including phenoxy) is 1. The van der Waals surface area contributed by atoms with Crippen LogP contribution in [0.4, 0.5) is 0 Å². The summed E-state index contributed by atoms with van der Waals surface area (Å²) in [6.07, 6.45) is 0. The zero-order chi connectivity index (χ0) is 17.7. The van der Waals surface area contributed by atoms with E-state index in [9.17, 15) is 9.59 Å². The molecule has 0 aliphatic carbocycles. The van der Waals surface area contributed by atoms with E-state index in [1.807, 2.05) is 44.2 Å². The summed E-state index contributed by atoms with van der Waals surface area (Å²) in [4.78, 5) is 27.0. The molecule has 0 radical (unpaired) electrons. The van der Waals surface area contributed by atoms with Crippen LogP contribution >= 0.6 is 27.7 Å². The maximum absolute atomic E-state index is 12.7. The standard InChI is InChI=1S/C17H21BrN2O3S/c1-10(19)17(18)14(22)20-12(16(2,3)24-15(17)20)13(21)23-9-11-7-5-4-6-8-11/h4-8,10,12,15H,9,19H2,1-3H3/t10-,12-,15+,17-/m0/s1. The molecule has 7 heteroatoms. The summed E-state index contributed by atoms with van der Waals surface area (Å²) >= 11 is 5.11.